The molecule has 0 unspecified atom stereocenters. The van der Waals surface area contributed by atoms with Crippen molar-refractivity contribution in [3.8, 4) is 11.8 Å². The minimum absolute atomic E-state index is 0.347. The summed E-state index contributed by atoms with van der Waals surface area (Å²) in [7, 11) is 0. The number of rotatable bonds is 0. The van der Waals surface area contributed by atoms with Gasteiger partial charge in [0, 0.05) is 6.20 Å². The highest BCUT2D eigenvalue weighted by atomic mass is 35.5. The van der Waals surface area contributed by atoms with E-state index in [1.165, 1.54) is 0 Å². The maximum atomic E-state index is 5.47. The fourth-order valence-corrected chi connectivity index (χ4v) is 1.22. The van der Waals surface area contributed by atoms with Gasteiger partial charge in [-0.1, -0.05) is 12.0 Å². The van der Waals surface area contributed by atoms with Crippen molar-refractivity contribution in [1.29, 1.82) is 0 Å². The van der Waals surface area contributed by atoms with Crippen LogP contribution in [0, 0.1) is 11.8 Å². The van der Waals surface area contributed by atoms with Gasteiger partial charge in [0.05, 0.1) is 12.1 Å². The maximum absolute atomic E-state index is 5.47. The first kappa shape index (κ1) is 8.15. The van der Waals surface area contributed by atoms with E-state index in [9.17, 15) is 0 Å². The molecule has 0 spiro atoms. The van der Waals surface area contributed by atoms with Crippen LogP contribution in [0.5, 0.6) is 0 Å². The summed E-state index contributed by atoms with van der Waals surface area (Å²) >= 11 is 5.47. The van der Waals surface area contributed by atoms with Gasteiger partial charge < -0.3 is 0 Å². The summed E-state index contributed by atoms with van der Waals surface area (Å²) in [6.45, 7) is 0. The number of fused-ring (bicyclic) bond motifs is 1. The second-order valence-electron chi connectivity index (χ2n) is 2.51. The Hall–Kier alpha value is -1.46. The molecule has 64 valence electrons. The van der Waals surface area contributed by atoms with Crippen LogP contribution in [0.25, 0.3) is 5.65 Å². The Labute approximate surface area is 81.2 Å². The Morgan fingerprint density at radius 3 is 3.23 bits per heavy atom. The quantitative estimate of drug-likeness (QED) is 0.458. The molecule has 13 heavy (non-hydrogen) atoms. The van der Waals surface area contributed by atoms with Crippen molar-refractivity contribution in [1.82, 2.24) is 9.38 Å². The van der Waals surface area contributed by atoms with Gasteiger partial charge in [0.2, 0.25) is 0 Å². The summed E-state index contributed by atoms with van der Waals surface area (Å²) < 4.78 is 1.93. The molecule has 2 aromatic rings. The third-order valence-electron chi connectivity index (χ3n) is 1.70. The lowest BCUT2D eigenvalue weighted by Gasteiger charge is -1.91. The van der Waals surface area contributed by atoms with Gasteiger partial charge in [0.25, 0.3) is 0 Å². The Morgan fingerprint density at radius 2 is 2.38 bits per heavy atom. The maximum Gasteiger partial charge on any atom is 0.137 e. The third-order valence-corrected chi connectivity index (χ3v) is 1.83. The molecule has 2 heterocycles. The SMILES string of the molecule is ClCC#Cc1cnc2ccccn12. The average Bonchev–Trinajstić information content (AvgIpc) is 2.58. The zero-order valence-electron chi connectivity index (χ0n) is 6.87. The molecule has 0 aliphatic heterocycles. The third kappa shape index (κ3) is 1.51. The topological polar surface area (TPSA) is 17.3 Å². The predicted molar refractivity (Wildman–Crippen MR) is 52.8 cm³/mol. The number of pyridine rings is 1. The number of nitrogens with zero attached hydrogens (tertiary/aromatic N) is 2. The smallest absolute Gasteiger partial charge is 0.137 e. The summed E-state index contributed by atoms with van der Waals surface area (Å²) in [6, 6.07) is 5.83. The van der Waals surface area contributed by atoms with E-state index in [1.807, 2.05) is 28.8 Å². The first-order valence-corrected chi connectivity index (χ1v) is 4.42. The summed E-state index contributed by atoms with van der Waals surface area (Å²) in [5.41, 5.74) is 1.78. The second kappa shape index (κ2) is 3.51. The normalized spacial score (nSPS) is 9.62. The van der Waals surface area contributed by atoms with Crippen molar-refractivity contribution < 1.29 is 0 Å². The number of imidazole rings is 1. The monoisotopic (exact) mass is 190 g/mol. The highest BCUT2D eigenvalue weighted by molar-refractivity contribution is 6.19. The lowest BCUT2D eigenvalue weighted by atomic mass is 10.4. The van der Waals surface area contributed by atoms with E-state index in [2.05, 4.69) is 16.8 Å². The first-order chi connectivity index (χ1) is 6.42. The van der Waals surface area contributed by atoms with Crippen molar-refractivity contribution in [2.75, 3.05) is 5.88 Å². The van der Waals surface area contributed by atoms with E-state index in [0.717, 1.165) is 11.3 Å². The molecule has 0 aliphatic carbocycles. The van der Waals surface area contributed by atoms with E-state index < -0.39 is 0 Å². The van der Waals surface area contributed by atoms with Gasteiger partial charge in [-0.05, 0) is 18.1 Å². The lowest BCUT2D eigenvalue weighted by Crippen LogP contribution is -1.85. The van der Waals surface area contributed by atoms with E-state index in [-0.39, 0.29) is 0 Å². The fraction of sp³-hybridized carbons (Fsp3) is 0.100. The van der Waals surface area contributed by atoms with Crippen LogP contribution in [0.3, 0.4) is 0 Å². The Kier molecular flexibility index (Phi) is 2.20. The molecule has 0 atom stereocenters. The predicted octanol–water partition coefficient (Wildman–Crippen LogP) is 1.92. The standard InChI is InChI=1S/C10H7ClN2/c11-6-3-4-9-8-12-10-5-1-2-7-13(9)10/h1-2,5,7-8H,6H2. The van der Waals surface area contributed by atoms with Crippen molar-refractivity contribution >= 4 is 17.2 Å². The van der Waals surface area contributed by atoms with Crippen LogP contribution in [0.15, 0.2) is 30.6 Å². The molecular formula is C10H7ClN2. The first-order valence-electron chi connectivity index (χ1n) is 3.89. The zero-order valence-corrected chi connectivity index (χ0v) is 7.62. The molecule has 3 heteroatoms. The molecule has 0 radical (unpaired) electrons. The molecule has 0 saturated heterocycles. The van der Waals surface area contributed by atoms with Crippen LogP contribution < -0.4 is 0 Å². The van der Waals surface area contributed by atoms with Crippen molar-refractivity contribution in [2.24, 2.45) is 0 Å². The minimum atomic E-state index is 0.347. The van der Waals surface area contributed by atoms with Crippen LogP contribution in [-0.4, -0.2) is 15.3 Å². The summed E-state index contributed by atoms with van der Waals surface area (Å²) in [5, 5.41) is 0. The van der Waals surface area contributed by atoms with Gasteiger partial charge in [-0.2, -0.15) is 0 Å². The van der Waals surface area contributed by atoms with Crippen molar-refractivity contribution in [2.45, 2.75) is 0 Å². The van der Waals surface area contributed by atoms with E-state index >= 15 is 0 Å². The molecule has 0 amide bonds. The van der Waals surface area contributed by atoms with Crippen LogP contribution in [0.2, 0.25) is 0 Å². The summed E-state index contributed by atoms with van der Waals surface area (Å²) in [5.74, 6) is 6.08. The van der Waals surface area contributed by atoms with Gasteiger partial charge in [0.1, 0.15) is 11.3 Å². The van der Waals surface area contributed by atoms with Gasteiger partial charge in [0.15, 0.2) is 0 Å². The van der Waals surface area contributed by atoms with Crippen molar-refractivity contribution in [3.63, 3.8) is 0 Å². The van der Waals surface area contributed by atoms with E-state index in [4.69, 9.17) is 11.6 Å². The molecule has 0 saturated carbocycles. The molecule has 2 rings (SSSR count). The summed E-state index contributed by atoms with van der Waals surface area (Å²) in [6.07, 6.45) is 3.68. The molecular weight excluding hydrogens is 184 g/mol. The Morgan fingerprint density at radius 1 is 1.46 bits per heavy atom. The zero-order chi connectivity index (χ0) is 9.10. The van der Waals surface area contributed by atoms with Crippen molar-refractivity contribution in [3.05, 3.63) is 36.3 Å². The molecule has 0 bridgehead atoms. The minimum Gasteiger partial charge on any atom is -0.293 e. The van der Waals surface area contributed by atoms with E-state index in [1.54, 1.807) is 6.20 Å². The number of aromatic nitrogens is 2. The van der Waals surface area contributed by atoms with Gasteiger partial charge >= 0.3 is 0 Å². The molecule has 0 N–H and O–H groups in total. The molecule has 0 fully saturated rings. The highest BCUT2D eigenvalue weighted by Gasteiger charge is 1.96. The molecule has 2 nitrogen and oxygen atoms in total. The van der Waals surface area contributed by atoms with Crippen LogP contribution >= 0.6 is 11.6 Å². The lowest BCUT2D eigenvalue weighted by molar-refractivity contribution is 1.16. The Bertz CT molecular complexity index is 476. The van der Waals surface area contributed by atoms with Crippen LogP contribution in [0.1, 0.15) is 5.69 Å². The van der Waals surface area contributed by atoms with E-state index in [0.29, 0.717) is 5.88 Å². The fourth-order valence-electron chi connectivity index (χ4n) is 1.15. The second-order valence-corrected chi connectivity index (χ2v) is 2.77. The molecule has 2 aromatic heterocycles. The number of hydrogen-bond acceptors (Lipinski definition) is 1. The summed E-state index contributed by atoms with van der Waals surface area (Å²) in [4.78, 5) is 4.19. The van der Waals surface area contributed by atoms with Gasteiger partial charge in [-0.3, -0.25) is 4.40 Å². The highest BCUT2D eigenvalue weighted by Crippen LogP contribution is 2.03. The van der Waals surface area contributed by atoms with Gasteiger partial charge in [-0.25, -0.2) is 4.98 Å². The number of alkyl halides is 1. The molecule has 0 aliphatic rings. The number of hydrogen-bond donors (Lipinski definition) is 0. The molecule has 0 aromatic carbocycles. The largest absolute Gasteiger partial charge is 0.293 e. The van der Waals surface area contributed by atoms with Crippen LogP contribution in [0.4, 0.5) is 0 Å². The Balaban J connectivity index is 2.58. The average molecular weight is 191 g/mol. The van der Waals surface area contributed by atoms with Crippen LogP contribution in [-0.2, 0) is 0 Å². The van der Waals surface area contributed by atoms with Gasteiger partial charge in [-0.15, -0.1) is 11.6 Å². The number of halogens is 1.